The summed E-state index contributed by atoms with van der Waals surface area (Å²) >= 11 is 0. The maximum Gasteiger partial charge on any atom is 0.297 e. The van der Waals surface area contributed by atoms with Gasteiger partial charge in [0.25, 0.3) is 10.1 Å². The van der Waals surface area contributed by atoms with Gasteiger partial charge in [-0.2, -0.15) is 8.42 Å². The predicted molar refractivity (Wildman–Crippen MR) is 137 cm³/mol. The van der Waals surface area contributed by atoms with E-state index in [0.29, 0.717) is 0 Å². The summed E-state index contributed by atoms with van der Waals surface area (Å²) in [5.74, 6) is -1.42. The number of azide groups is 1. The number of rotatable bonds is 8. The van der Waals surface area contributed by atoms with Crippen LogP contribution < -0.4 is 0 Å². The second kappa shape index (κ2) is 12.2. The highest BCUT2D eigenvalue weighted by Gasteiger charge is 2.56. The summed E-state index contributed by atoms with van der Waals surface area (Å²) in [6.45, 7) is 9.19. The van der Waals surface area contributed by atoms with Crippen LogP contribution in [0.4, 0.5) is 0 Å². The number of hydrogen-bond acceptors (Lipinski definition) is 12. The lowest BCUT2D eigenvalue weighted by Gasteiger charge is -2.23. The molecule has 15 heteroatoms. The van der Waals surface area contributed by atoms with Crippen molar-refractivity contribution in [3.63, 3.8) is 0 Å². The van der Waals surface area contributed by atoms with E-state index in [-0.39, 0.29) is 36.4 Å². The Kier molecular flexibility index (Phi) is 9.44. The zero-order valence-corrected chi connectivity index (χ0v) is 24.4. The van der Waals surface area contributed by atoms with E-state index in [1.54, 1.807) is 33.1 Å². The molecule has 0 amide bonds. The fourth-order valence-electron chi connectivity index (χ4n) is 4.99. The minimum atomic E-state index is -3.86. The van der Waals surface area contributed by atoms with Gasteiger partial charge in [0.05, 0.1) is 24.2 Å². The van der Waals surface area contributed by atoms with Crippen molar-refractivity contribution in [3.8, 4) is 0 Å². The maximum absolute atomic E-state index is 12.3. The molecule has 1 aromatic carbocycles. The molecule has 0 aromatic heterocycles. The van der Waals surface area contributed by atoms with E-state index in [1.165, 1.54) is 19.2 Å². The van der Waals surface area contributed by atoms with Gasteiger partial charge in [0, 0.05) is 19.1 Å². The van der Waals surface area contributed by atoms with Crippen molar-refractivity contribution in [1.29, 1.82) is 0 Å². The topological polar surface area (TPSA) is 166 Å². The number of fused-ring (bicyclic) bond motifs is 2. The monoisotopic (exact) mass is 587 g/mol. The Morgan fingerprint density at radius 1 is 0.850 bits per heavy atom. The van der Waals surface area contributed by atoms with Crippen LogP contribution in [0.3, 0.4) is 0 Å². The lowest BCUT2D eigenvalue weighted by atomic mass is 10.1. The minimum absolute atomic E-state index is 0.106. The Labute approximate surface area is 233 Å². The molecular formula is C25H37N3O11S. The van der Waals surface area contributed by atoms with Gasteiger partial charge in [-0.3, -0.25) is 4.18 Å². The number of benzene rings is 1. The van der Waals surface area contributed by atoms with E-state index >= 15 is 0 Å². The third-order valence-electron chi connectivity index (χ3n) is 6.70. The van der Waals surface area contributed by atoms with E-state index < -0.39 is 52.6 Å². The Morgan fingerprint density at radius 2 is 1.32 bits per heavy atom. The van der Waals surface area contributed by atoms with E-state index in [4.69, 9.17) is 47.6 Å². The Hall–Kier alpha value is -1.88. The maximum atomic E-state index is 12.3. The minimum Gasteiger partial charge on any atom is -0.353 e. The summed E-state index contributed by atoms with van der Waals surface area (Å²) in [6, 6.07) is 6.46. The molecule has 0 radical (unpaired) electrons. The van der Waals surface area contributed by atoms with Crippen molar-refractivity contribution in [2.45, 2.75) is 100 Å². The molecule has 4 fully saturated rings. The molecule has 0 N–H and O–H groups in total. The molecule has 4 saturated heterocycles. The summed E-state index contributed by atoms with van der Waals surface area (Å²) in [7, 11) is -0.813. The van der Waals surface area contributed by atoms with E-state index in [0.717, 1.165) is 5.56 Å². The van der Waals surface area contributed by atoms with Gasteiger partial charge in [-0.25, -0.2) is 0 Å². The van der Waals surface area contributed by atoms with Crippen LogP contribution in [-0.4, -0.2) is 96.6 Å². The lowest BCUT2D eigenvalue weighted by Crippen LogP contribution is -2.33. The molecule has 40 heavy (non-hydrogen) atoms. The summed E-state index contributed by atoms with van der Waals surface area (Å²) in [4.78, 5) is 2.81. The van der Waals surface area contributed by atoms with Crippen LogP contribution in [0, 0.1) is 6.92 Å². The van der Waals surface area contributed by atoms with Crippen LogP contribution >= 0.6 is 0 Å². The first-order valence-corrected chi connectivity index (χ1v) is 14.2. The third-order valence-corrected chi connectivity index (χ3v) is 8.00. The van der Waals surface area contributed by atoms with Crippen LogP contribution in [0.1, 0.15) is 33.3 Å². The smallest absolute Gasteiger partial charge is 0.297 e. The van der Waals surface area contributed by atoms with E-state index in [1.807, 2.05) is 20.8 Å². The Bertz CT molecular complexity index is 1170. The van der Waals surface area contributed by atoms with Gasteiger partial charge in [0.15, 0.2) is 24.2 Å². The highest BCUT2D eigenvalue weighted by molar-refractivity contribution is 7.86. The standard InChI is InChI=1S/C16H22O7S.C9H15N3O4/c1-10-5-7-11(8-6-10)24(17,18)20-9-12-13-14(15(19-4)21-12)23-16(2,3)22-13;1-9(2)15-6-5(4-11-12-10)14-8(13-3)7(6)16-9/h5-8,12-15H,9H2,1-4H3;5-8H,4H2,1-3H3/t12-,13-,14-,15?;5-,6-,7-,8?/m11/s1. The molecule has 0 bridgehead atoms. The van der Waals surface area contributed by atoms with Crippen LogP contribution in [0.2, 0.25) is 0 Å². The molecule has 0 aliphatic carbocycles. The lowest BCUT2D eigenvalue weighted by molar-refractivity contribution is -0.229. The van der Waals surface area contributed by atoms with Gasteiger partial charge >= 0.3 is 0 Å². The van der Waals surface area contributed by atoms with E-state index in [2.05, 4.69) is 10.0 Å². The molecule has 4 aliphatic heterocycles. The average Bonchev–Trinajstić information content (AvgIpc) is 3.58. The van der Waals surface area contributed by atoms with Crippen LogP contribution in [0.5, 0.6) is 0 Å². The molecular weight excluding hydrogens is 550 g/mol. The fourth-order valence-corrected chi connectivity index (χ4v) is 5.91. The summed E-state index contributed by atoms with van der Waals surface area (Å²) < 4.78 is 74.3. The van der Waals surface area contributed by atoms with Crippen molar-refractivity contribution in [2.75, 3.05) is 27.4 Å². The highest BCUT2D eigenvalue weighted by atomic mass is 32.2. The molecule has 1 aromatic rings. The van der Waals surface area contributed by atoms with Gasteiger partial charge in [-0.05, 0) is 52.3 Å². The van der Waals surface area contributed by atoms with Crippen molar-refractivity contribution in [1.82, 2.24) is 0 Å². The molecule has 2 unspecified atom stereocenters. The average molecular weight is 588 g/mol. The largest absolute Gasteiger partial charge is 0.353 e. The normalized spacial score (nSPS) is 35.4. The van der Waals surface area contributed by atoms with Crippen molar-refractivity contribution in [2.24, 2.45) is 5.11 Å². The summed E-state index contributed by atoms with van der Waals surface area (Å²) in [5, 5.41) is 3.50. The van der Waals surface area contributed by atoms with Crippen molar-refractivity contribution < 1.29 is 50.5 Å². The zero-order valence-electron chi connectivity index (χ0n) is 23.6. The Balaban J connectivity index is 0.000000201. The van der Waals surface area contributed by atoms with Crippen LogP contribution in [0.25, 0.3) is 10.4 Å². The molecule has 4 heterocycles. The number of hydrogen-bond donors (Lipinski definition) is 0. The molecule has 8 atom stereocenters. The summed E-state index contributed by atoms with van der Waals surface area (Å²) in [6.07, 6.45) is -3.36. The van der Waals surface area contributed by atoms with E-state index in [9.17, 15) is 8.42 Å². The second-order valence-corrected chi connectivity index (χ2v) is 12.3. The third kappa shape index (κ3) is 6.94. The van der Waals surface area contributed by atoms with Gasteiger partial charge in [-0.1, -0.05) is 22.8 Å². The zero-order chi connectivity index (χ0) is 29.3. The molecule has 0 spiro atoms. The van der Waals surface area contributed by atoms with Crippen molar-refractivity contribution in [3.05, 3.63) is 40.3 Å². The second-order valence-electron chi connectivity index (χ2n) is 10.7. The highest BCUT2D eigenvalue weighted by Crippen LogP contribution is 2.40. The van der Waals surface area contributed by atoms with Gasteiger partial charge in [0.1, 0.15) is 30.5 Å². The first kappa shape index (κ1) is 31.1. The van der Waals surface area contributed by atoms with Crippen molar-refractivity contribution >= 4 is 10.1 Å². The number of aryl methyl sites for hydroxylation is 1. The molecule has 0 saturated carbocycles. The van der Waals surface area contributed by atoms with Gasteiger partial charge in [0.2, 0.25) is 0 Å². The SMILES string of the molecule is COC1O[C@H](CN=[N+]=[N-])[C@H]2OC(C)(C)O[C@@H]12.COC1O[C@H](COS(=O)(=O)c2ccc(C)cc2)[C@H]2OC(C)(C)O[C@@H]12. The number of ether oxygens (including phenoxy) is 8. The number of methoxy groups -OCH3 is 2. The molecule has 224 valence electrons. The number of nitrogens with zero attached hydrogens (tertiary/aromatic N) is 3. The first-order valence-electron chi connectivity index (χ1n) is 12.8. The van der Waals surface area contributed by atoms with Crippen LogP contribution in [-0.2, 0) is 52.2 Å². The molecule has 4 aliphatic rings. The molecule has 14 nitrogen and oxygen atoms in total. The Morgan fingerprint density at radius 3 is 1.82 bits per heavy atom. The summed E-state index contributed by atoms with van der Waals surface area (Å²) in [5.41, 5.74) is 9.26. The van der Waals surface area contributed by atoms with Gasteiger partial charge in [-0.15, -0.1) is 0 Å². The fraction of sp³-hybridized carbons (Fsp3) is 0.760. The molecule has 5 rings (SSSR count). The quantitative estimate of drug-likeness (QED) is 0.190. The predicted octanol–water partition coefficient (Wildman–Crippen LogP) is 2.78. The first-order chi connectivity index (χ1) is 18.8. The van der Waals surface area contributed by atoms with Gasteiger partial charge < -0.3 is 37.9 Å². The van der Waals surface area contributed by atoms with Crippen LogP contribution in [0.15, 0.2) is 34.3 Å².